The van der Waals surface area contributed by atoms with E-state index in [0.29, 0.717) is 0 Å². The van der Waals surface area contributed by atoms with Gasteiger partial charge in [0.1, 0.15) is 15.2 Å². The van der Waals surface area contributed by atoms with E-state index < -0.39 is 15.2 Å². The molecule has 0 unspecified atom stereocenters. The Hall–Kier alpha value is -4.41. The zero-order chi connectivity index (χ0) is 37.9. The van der Waals surface area contributed by atoms with Crippen molar-refractivity contribution < 1.29 is 0 Å². The van der Waals surface area contributed by atoms with Gasteiger partial charge in [-0.3, -0.25) is 0 Å². The summed E-state index contributed by atoms with van der Waals surface area (Å²) >= 11 is 8.27. The molecule has 0 N–H and O–H groups in total. The molecule has 274 valence electrons. The van der Waals surface area contributed by atoms with Gasteiger partial charge in [0.25, 0.3) is 0 Å². The van der Waals surface area contributed by atoms with E-state index >= 15 is 0 Å². The molecule has 0 aliphatic rings. The fourth-order valence-electron chi connectivity index (χ4n) is 7.86. The van der Waals surface area contributed by atoms with E-state index in [2.05, 4.69) is 290 Å². The van der Waals surface area contributed by atoms with Crippen molar-refractivity contribution in [1.29, 1.82) is 0 Å². The summed E-state index contributed by atoms with van der Waals surface area (Å²) in [6.45, 7) is 0. The topological polar surface area (TPSA) is 0 Å². The minimum absolute atomic E-state index is 0.124. The molecule has 0 aromatic heterocycles. The summed E-state index contributed by atoms with van der Waals surface area (Å²) in [5.41, 5.74) is 0. The summed E-state index contributed by atoms with van der Waals surface area (Å²) in [5, 5.41) is 5.87. The molecule has 0 saturated carbocycles. The average Bonchev–Trinajstić information content (AvgIpc) is 3.28. The Morgan fingerprint density at radius 2 is 0.375 bits per heavy atom. The van der Waals surface area contributed by atoms with Crippen LogP contribution in [0.5, 0.6) is 0 Å². The van der Waals surface area contributed by atoms with E-state index in [1.54, 1.807) is 0 Å². The van der Waals surface area contributed by atoms with E-state index in [9.17, 15) is 0 Å². The van der Waals surface area contributed by atoms with Gasteiger partial charge in [-0.2, -0.15) is 0 Å². The lowest BCUT2D eigenvalue weighted by atomic mass is 10.4. The largest absolute Gasteiger partial charge is 0.148 e. The summed E-state index contributed by atoms with van der Waals surface area (Å²) in [6.07, 6.45) is 0. The van der Waals surface area contributed by atoms with Gasteiger partial charge in [-0.1, -0.05) is 215 Å². The maximum atomic E-state index is 2.48. The second-order valence-electron chi connectivity index (χ2n) is 13.5. The van der Waals surface area contributed by atoms with Gasteiger partial charge >= 0.3 is 0 Å². The molecular weight excluding hydrogens is 785 g/mol. The summed E-state index contributed by atoms with van der Waals surface area (Å²) < 4.78 is 0.249. The highest BCUT2D eigenvalue weighted by Crippen LogP contribution is 2.50. The van der Waals surface area contributed by atoms with Crippen molar-refractivity contribution in [2.45, 2.75) is 28.0 Å². The molecule has 0 heterocycles. The van der Waals surface area contributed by atoms with Gasteiger partial charge in [0.2, 0.25) is 0 Å². The molecule has 0 aliphatic heterocycles. The Kier molecular flexibility index (Phi) is 12.8. The van der Waals surface area contributed by atoms with Crippen LogP contribution in [-0.4, -0.2) is 23.6 Å². The van der Waals surface area contributed by atoms with Crippen molar-refractivity contribution in [3.05, 3.63) is 243 Å². The molecule has 0 spiro atoms. The van der Waals surface area contributed by atoms with Gasteiger partial charge in [0.15, 0.2) is 0 Å². The number of hydrogen-bond donors (Lipinski definition) is 0. The van der Waals surface area contributed by atoms with Crippen LogP contribution >= 0.6 is 47.0 Å². The van der Waals surface area contributed by atoms with Crippen molar-refractivity contribution >= 4 is 83.0 Å². The lowest BCUT2D eigenvalue weighted by Crippen LogP contribution is -2.91. The molecule has 0 atom stereocenters. The Balaban J connectivity index is 1.58. The summed E-state index contributed by atoms with van der Waals surface area (Å²) in [4.78, 5) is 5.15. The number of rotatable bonds is 15. The molecule has 0 bridgehead atoms. The monoisotopic (exact) mass is 826 g/mol. The van der Waals surface area contributed by atoms with Crippen LogP contribution in [0, 0.1) is 0 Å². The second-order valence-corrected chi connectivity index (χ2v) is 31.9. The maximum absolute atomic E-state index is 3.15. The SMILES string of the molecule is c1ccc(SC(Sc2ccccc2)[Si](c2ccccc2)(c2ccccc2)[Si](c2ccccc2)(c2ccccc2)C(Sc2ccccc2)Sc2ccccc2)cc1. The first-order valence-corrected chi connectivity index (χ1v) is 27.5. The van der Waals surface area contributed by atoms with Gasteiger partial charge in [-0.05, 0) is 48.5 Å². The molecule has 0 amide bonds. The molecule has 8 aromatic rings. The highest BCUT2D eigenvalue weighted by Gasteiger charge is 2.67. The molecule has 0 nitrogen and oxygen atoms in total. The minimum atomic E-state index is -3.15. The van der Waals surface area contributed by atoms with Crippen molar-refractivity contribution in [3.8, 4) is 0 Å². The normalized spacial score (nSPS) is 11.8. The zero-order valence-corrected chi connectivity index (χ0v) is 36.1. The van der Waals surface area contributed by atoms with Crippen LogP contribution in [0.3, 0.4) is 0 Å². The van der Waals surface area contributed by atoms with E-state index in [1.165, 1.54) is 40.3 Å². The fourth-order valence-corrected chi connectivity index (χ4v) is 45.2. The van der Waals surface area contributed by atoms with Crippen molar-refractivity contribution in [2.24, 2.45) is 0 Å². The number of benzene rings is 8. The van der Waals surface area contributed by atoms with Crippen LogP contribution in [0.15, 0.2) is 262 Å². The van der Waals surface area contributed by atoms with Gasteiger partial charge in [0.05, 0.1) is 8.41 Å². The van der Waals surface area contributed by atoms with Crippen LogP contribution in [0.25, 0.3) is 0 Å². The predicted molar refractivity (Wildman–Crippen MR) is 253 cm³/mol. The molecule has 0 aliphatic carbocycles. The highest BCUT2D eigenvalue weighted by atomic mass is 32.2. The molecule has 56 heavy (non-hydrogen) atoms. The molecule has 8 rings (SSSR count). The highest BCUT2D eigenvalue weighted by molar-refractivity contribution is 8.24. The smallest absolute Gasteiger partial charge is 0.114 e. The van der Waals surface area contributed by atoms with Crippen LogP contribution in [0.4, 0.5) is 0 Å². The molecule has 0 radical (unpaired) electrons. The first kappa shape index (κ1) is 38.5. The fraction of sp³-hybridized carbons (Fsp3) is 0.0400. The van der Waals surface area contributed by atoms with Gasteiger partial charge < -0.3 is 0 Å². The first-order valence-electron chi connectivity index (χ1n) is 18.9. The summed E-state index contributed by atoms with van der Waals surface area (Å²) in [5.74, 6) is 0. The van der Waals surface area contributed by atoms with Crippen molar-refractivity contribution in [2.75, 3.05) is 0 Å². The average molecular weight is 827 g/mol. The van der Waals surface area contributed by atoms with Crippen LogP contribution in [0.1, 0.15) is 0 Å². The quantitative estimate of drug-likeness (QED) is 0.0573. The maximum Gasteiger partial charge on any atom is 0.148 e. The Bertz CT molecular complexity index is 2020. The molecule has 0 saturated heterocycles. The minimum Gasteiger partial charge on any atom is -0.114 e. The Morgan fingerprint density at radius 3 is 0.554 bits per heavy atom. The van der Waals surface area contributed by atoms with Crippen LogP contribution in [0.2, 0.25) is 0 Å². The van der Waals surface area contributed by atoms with Gasteiger partial charge in [-0.15, -0.1) is 47.0 Å². The van der Waals surface area contributed by atoms with E-state index in [4.69, 9.17) is 0 Å². The number of thioether (sulfide) groups is 4. The summed E-state index contributed by atoms with van der Waals surface area (Å²) in [6, 6.07) is 91.5. The van der Waals surface area contributed by atoms with E-state index in [-0.39, 0.29) is 8.41 Å². The molecule has 0 fully saturated rings. The standard InChI is InChI=1S/C50H42S4Si2/c1-9-25-41(26-10-1)51-49(52-42-27-11-2-12-28-42)55(45-33-17-5-18-34-45,46-35-19-6-20-36-46)56(47-37-21-7-22-38-47,48-39-23-8-24-40-48)50(53-43-29-13-3-14-30-43)54-44-31-15-4-16-32-44/h1-40,49-50H. The Labute approximate surface area is 351 Å². The third-order valence-corrected chi connectivity index (χ3v) is 39.1. The van der Waals surface area contributed by atoms with E-state index in [1.807, 2.05) is 0 Å². The Morgan fingerprint density at radius 1 is 0.214 bits per heavy atom. The lowest BCUT2D eigenvalue weighted by Gasteiger charge is -2.55. The van der Waals surface area contributed by atoms with Crippen LogP contribution in [-0.2, 0) is 0 Å². The molecular formula is C50H42S4Si2. The second kappa shape index (κ2) is 18.7. The number of hydrogen-bond acceptors (Lipinski definition) is 4. The van der Waals surface area contributed by atoms with E-state index in [0.717, 1.165) is 0 Å². The van der Waals surface area contributed by atoms with Crippen molar-refractivity contribution in [1.82, 2.24) is 0 Å². The molecule has 6 heteroatoms. The summed E-state index contributed by atoms with van der Waals surface area (Å²) in [7, 11) is -6.30. The third kappa shape index (κ3) is 8.05. The van der Waals surface area contributed by atoms with Crippen molar-refractivity contribution in [3.63, 3.8) is 0 Å². The third-order valence-electron chi connectivity index (χ3n) is 10.2. The predicted octanol–water partition coefficient (Wildman–Crippen LogP) is 11.5. The lowest BCUT2D eigenvalue weighted by molar-refractivity contribution is 1.43. The van der Waals surface area contributed by atoms with Crippen LogP contribution < -0.4 is 20.7 Å². The first-order chi connectivity index (χ1) is 27.8. The molecule has 8 aromatic carbocycles. The zero-order valence-electron chi connectivity index (χ0n) is 30.9. The van der Waals surface area contributed by atoms with Gasteiger partial charge in [-0.25, -0.2) is 0 Å². The van der Waals surface area contributed by atoms with Gasteiger partial charge in [0, 0.05) is 19.6 Å².